The van der Waals surface area contributed by atoms with Gasteiger partial charge in [-0.05, 0) is 43.2 Å². The molecule has 1 N–H and O–H groups in total. The number of ether oxygens (including phenoxy) is 1. The summed E-state index contributed by atoms with van der Waals surface area (Å²) < 4.78 is 7.61. The first-order valence-electron chi connectivity index (χ1n) is 7.91. The van der Waals surface area contributed by atoms with Crippen LogP contribution >= 0.6 is 0 Å². The second kappa shape index (κ2) is 6.74. The van der Waals surface area contributed by atoms with E-state index in [4.69, 9.17) is 4.74 Å². The van der Waals surface area contributed by atoms with Crippen molar-refractivity contribution in [2.45, 2.75) is 20.4 Å². The minimum Gasteiger partial charge on any atom is -0.483 e. The van der Waals surface area contributed by atoms with Gasteiger partial charge in [0, 0.05) is 7.05 Å². The lowest BCUT2D eigenvalue weighted by atomic mass is 10.1. The number of carbonyl (C=O) groups is 1. The molecular formula is C19H21N3O2. The zero-order valence-electron chi connectivity index (χ0n) is 14.2. The van der Waals surface area contributed by atoms with Crippen molar-refractivity contribution in [1.29, 1.82) is 0 Å². The molecule has 5 nitrogen and oxygen atoms in total. The molecule has 1 amide bonds. The third-order valence-corrected chi connectivity index (χ3v) is 4.03. The van der Waals surface area contributed by atoms with E-state index in [0.29, 0.717) is 6.54 Å². The topological polar surface area (TPSA) is 56.1 Å². The van der Waals surface area contributed by atoms with E-state index in [1.54, 1.807) is 0 Å². The fraction of sp³-hybridized carbons (Fsp3) is 0.263. The standard InChI is InChI=1S/C19H21N3O2/c1-13-8-9-14(2)17(10-13)24-12-19(23)20-11-18-21-15-6-4-5-7-16(15)22(18)3/h4-10H,11-12H2,1-3H3,(H,20,23). The van der Waals surface area contributed by atoms with Crippen LogP contribution in [-0.4, -0.2) is 22.1 Å². The Morgan fingerprint density at radius 2 is 2.00 bits per heavy atom. The van der Waals surface area contributed by atoms with Gasteiger partial charge in [-0.1, -0.05) is 24.3 Å². The molecule has 0 aliphatic heterocycles. The molecule has 0 saturated carbocycles. The van der Waals surface area contributed by atoms with Gasteiger partial charge in [0.1, 0.15) is 11.6 Å². The number of carbonyl (C=O) groups excluding carboxylic acids is 1. The molecule has 2 aromatic carbocycles. The van der Waals surface area contributed by atoms with Gasteiger partial charge in [0.2, 0.25) is 0 Å². The van der Waals surface area contributed by atoms with Gasteiger partial charge in [0.15, 0.2) is 6.61 Å². The second-order valence-electron chi connectivity index (χ2n) is 5.91. The summed E-state index contributed by atoms with van der Waals surface area (Å²) in [5.41, 5.74) is 4.10. The van der Waals surface area contributed by atoms with Crippen molar-refractivity contribution in [2.24, 2.45) is 7.05 Å². The molecule has 3 rings (SSSR count). The first-order chi connectivity index (χ1) is 11.5. The molecule has 0 aliphatic carbocycles. The minimum atomic E-state index is -0.164. The first-order valence-corrected chi connectivity index (χ1v) is 7.91. The van der Waals surface area contributed by atoms with Gasteiger partial charge < -0.3 is 14.6 Å². The Kier molecular flexibility index (Phi) is 4.51. The summed E-state index contributed by atoms with van der Waals surface area (Å²) >= 11 is 0. The summed E-state index contributed by atoms with van der Waals surface area (Å²) in [6.45, 7) is 4.33. The number of hydrogen-bond donors (Lipinski definition) is 1. The second-order valence-corrected chi connectivity index (χ2v) is 5.91. The molecule has 0 aliphatic rings. The van der Waals surface area contributed by atoms with E-state index in [2.05, 4.69) is 10.3 Å². The monoisotopic (exact) mass is 323 g/mol. The Morgan fingerprint density at radius 3 is 2.79 bits per heavy atom. The average Bonchev–Trinajstić information content (AvgIpc) is 2.90. The summed E-state index contributed by atoms with van der Waals surface area (Å²) in [4.78, 5) is 16.6. The Bertz CT molecular complexity index is 883. The summed E-state index contributed by atoms with van der Waals surface area (Å²) in [6.07, 6.45) is 0. The average molecular weight is 323 g/mol. The van der Waals surface area contributed by atoms with Crippen LogP contribution in [0, 0.1) is 13.8 Å². The number of fused-ring (bicyclic) bond motifs is 1. The highest BCUT2D eigenvalue weighted by Gasteiger charge is 2.09. The normalized spacial score (nSPS) is 10.8. The highest BCUT2D eigenvalue weighted by atomic mass is 16.5. The van der Waals surface area contributed by atoms with Crippen LogP contribution in [-0.2, 0) is 18.4 Å². The number of aryl methyl sites for hydroxylation is 3. The van der Waals surface area contributed by atoms with E-state index in [1.807, 2.05) is 67.9 Å². The van der Waals surface area contributed by atoms with Gasteiger partial charge in [-0.3, -0.25) is 4.79 Å². The number of benzene rings is 2. The molecule has 0 fully saturated rings. The van der Waals surface area contributed by atoms with Crippen LogP contribution in [0.1, 0.15) is 17.0 Å². The SMILES string of the molecule is Cc1ccc(C)c(OCC(=O)NCc2nc3ccccc3n2C)c1. The third kappa shape index (κ3) is 3.40. The molecule has 124 valence electrons. The molecule has 1 heterocycles. The number of aromatic nitrogens is 2. The highest BCUT2D eigenvalue weighted by molar-refractivity contribution is 5.78. The fourth-order valence-corrected chi connectivity index (χ4v) is 2.59. The van der Waals surface area contributed by atoms with Crippen molar-refractivity contribution in [3.8, 4) is 5.75 Å². The largest absolute Gasteiger partial charge is 0.483 e. The number of amides is 1. The van der Waals surface area contributed by atoms with Gasteiger partial charge >= 0.3 is 0 Å². The van der Waals surface area contributed by atoms with Crippen LogP contribution in [0.25, 0.3) is 11.0 Å². The van der Waals surface area contributed by atoms with E-state index in [9.17, 15) is 4.79 Å². The maximum Gasteiger partial charge on any atom is 0.258 e. The van der Waals surface area contributed by atoms with Crippen LogP contribution in [0.5, 0.6) is 5.75 Å². The molecular weight excluding hydrogens is 302 g/mol. The van der Waals surface area contributed by atoms with Gasteiger partial charge in [-0.25, -0.2) is 4.98 Å². The summed E-state index contributed by atoms with van der Waals surface area (Å²) in [6, 6.07) is 13.9. The van der Waals surface area contributed by atoms with Crippen molar-refractivity contribution in [3.63, 3.8) is 0 Å². The number of nitrogens with one attached hydrogen (secondary N) is 1. The molecule has 1 aromatic heterocycles. The Labute approximate surface area is 141 Å². The maximum atomic E-state index is 12.0. The van der Waals surface area contributed by atoms with E-state index in [1.165, 1.54) is 0 Å². The molecule has 0 unspecified atom stereocenters. The molecule has 3 aromatic rings. The number of hydrogen-bond acceptors (Lipinski definition) is 3. The molecule has 0 bridgehead atoms. The molecule has 0 atom stereocenters. The zero-order chi connectivity index (χ0) is 17.1. The van der Waals surface area contributed by atoms with Gasteiger partial charge in [0.05, 0.1) is 17.6 Å². The van der Waals surface area contributed by atoms with Crippen molar-refractivity contribution in [2.75, 3.05) is 6.61 Å². The Morgan fingerprint density at radius 1 is 1.21 bits per heavy atom. The number of para-hydroxylation sites is 2. The number of nitrogens with zero attached hydrogens (tertiary/aromatic N) is 2. The molecule has 5 heteroatoms. The van der Waals surface area contributed by atoms with Crippen LogP contribution < -0.4 is 10.1 Å². The zero-order valence-corrected chi connectivity index (χ0v) is 14.2. The Hall–Kier alpha value is -2.82. The molecule has 0 radical (unpaired) electrons. The number of rotatable bonds is 5. The van der Waals surface area contributed by atoms with Gasteiger partial charge in [0.25, 0.3) is 5.91 Å². The van der Waals surface area contributed by atoms with Crippen LogP contribution in [0.2, 0.25) is 0 Å². The van der Waals surface area contributed by atoms with Crippen LogP contribution in [0.3, 0.4) is 0 Å². The van der Waals surface area contributed by atoms with Crippen molar-refractivity contribution in [1.82, 2.24) is 14.9 Å². The van der Waals surface area contributed by atoms with Crippen LogP contribution in [0.15, 0.2) is 42.5 Å². The highest BCUT2D eigenvalue weighted by Crippen LogP contribution is 2.19. The quantitative estimate of drug-likeness (QED) is 0.785. The predicted octanol–water partition coefficient (Wildman–Crippen LogP) is 2.89. The summed E-state index contributed by atoms with van der Waals surface area (Å²) in [5, 5.41) is 2.86. The molecule has 0 spiro atoms. The first kappa shape index (κ1) is 16.1. The van der Waals surface area contributed by atoms with E-state index >= 15 is 0 Å². The lowest BCUT2D eigenvalue weighted by molar-refractivity contribution is -0.123. The molecule has 0 saturated heterocycles. The fourth-order valence-electron chi connectivity index (χ4n) is 2.59. The summed E-state index contributed by atoms with van der Waals surface area (Å²) in [7, 11) is 1.95. The van der Waals surface area contributed by atoms with Gasteiger partial charge in [-0.15, -0.1) is 0 Å². The van der Waals surface area contributed by atoms with Crippen LogP contribution in [0.4, 0.5) is 0 Å². The number of imidazole rings is 1. The lowest BCUT2D eigenvalue weighted by Gasteiger charge is -2.10. The van der Waals surface area contributed by atoms with Crippen molar-refractivity contribution >= 4 is 16.9 Å². The third-order valence-electron chi connectivity index (χ3n) is 4.03. The maximum absolute atomic E-state index is 12.0. The van der Waals surface area contributed by atoms with Crippen molar-refractivity contribution in [3.05, 3.63) is 59.4 Å². The van der Waals surface area contributed by atoms with E-state index < -0.39 is 0 Å². The minimum absolute atomic E-state index is 0.00572. The smallest absolute Gasteiger partial charge is 0.258 e. The Balaban J connectivity index is 1.59. The van der Waals surface area contributed by atoms with Crippen molar-refractivity contribution < 1.29 is 9.53 Å². The molecule has 24 heavy (non-hydrogen) atoms. The van der Waals surface area contributed by atoms with Gasteiger partial charge in [-0.2, -0.15) is 0 Å². The van der Waals surface area contributed by atoms with E-state index in [-0.39, 0.29) is 12.5 Å². The lowest BCUT2D eigenvalue weighted by Crippen LogP contribution is -2.29. The summed E-state index contributed by atoms with van der Waals surface area (Å²) in [5.74, 6) is 1.40. The van der Waals surface area contributed by atoms with E-state index in [0.717, 1.165) is 33.7 Å². The predicted molar refractivity (Wildman–Crippen MR) is 94.0 cm³/mol.